The Bertz CT molecular complexity index is 898. The first kappa shape index (κ1) is 19.6. The van der Waals surface area contributed by atoms with Crippen LogP contribution in [0.3, 0.4) is 0 Å². The van der Waals surface area contributed by atoms with Crippen molar-refractivity contribution >= 4 is 5.91 Å². The lowest BCUT2D eigenvalue weighted by Crippen LogP contribution is -2.39. The molecule has 11 heteroatoms. The minimum atomic E-state index is -4.69. The second-order valence-corrected chi connectivity index (χ2v) is 6.37. The average Bonchev–Trinajstić information content (AvgIpc) is 3.09. The normalized spacial score (nSPS) is 19.7. The number of pyridine rings is 1. The molecule has 28 heavy (non-hydrogen) atoms. The maximum Gasteiger partial charge on any atom is 0.419 e. The molecule has 0 atom stereocenters. The van der Waals surface area contributed by atoms with E-state index in [0.29, 0.717) is 25.7 Å². The zero-order valence-corrected chi connectivity index (χ0v) is 14.8. The van der Waals surface area contributed by atoms with Crippen molar-refractivity contribution < 1.29 is 27.1 Å². The SMILES string of the molecule is Cc1nnc(C(=O)NC2CCC(Oc3cnc(C#N)c(C(F)(F)F)c3)CC2)o1. The number of aryl methyl sites for hydroxylation is 1. The van der Waals surface area contributed by atoms with Crippen molar-refractivity contribution in [3.63, 3.8) is 0 Å². The smallest absolute Gasteiger partial charge is 0.419 e. The number of ether oxygens (including phenoxy) is 1. The molecule has 3 rings (SSSR count). The van der Waals surface area contributed by atoms with Crippen LogP contribution in [0.4, 0.5) is 13.2 Å². The third-order valence-corrected chi connectivity index (χ3v) is 4.31. The summed E-state index contributed by atoms with van der Waals surface area (Å²) in [6, 6.07) is 2.10. The fraction of sp³-hybridized carbons (Fsp3) is 0.471. The fourth-order valence-electron chi connectivity index (χ4n) is 2.97. The summed E-state index contributed by atoms with van der Waals surface area (Å²) in [4.78, 5) is 15.5. The highest BCUT2D eigenvalue weighted by atomic mass is 19.4. The first-order chi connectivity index (χ1) is 13.3. The van der Waals surface area contributed by atoms with Crippen LogP contribution < -0.4 is 10.1 Å². The van der Waals surface area contributed by atoms with Gasteiger partial charge in [0.15, 0.2) is 5.69 Å². The maximum atomic E-state index is 13.0. The van der Waals surface area contributed by atoms with Crippen LogP contribution >= 0.6 is 0 Å². The van der Waals surface area contributed by atoms with Crippen molar-refractivity contribution in [3.05, 3.63) is 35.3 Å². The fourth-order valence-corrected chi connectivity index (χ4v) is 2.97. The summed E-state index contributed by atoms with van der Waals surface area (Å²) in [6.45, 7) is 1.58. The van der Waals surface area contributed by atoms with E-state index in [-0.39, 0.29) is 29.7 Å². The van der Waals surface area contributed by atoms with E-state index < -0.39 is 23.3 Å². The average molecular weight is 395 g/mol. The topological polar surface area (TPSA) is 114 Å². The summed E-state index contributed by atoms with van der Waals surface area (Å²) in [6.07, 6.45) is -1.65. The summed E-state index contributed by atoms with van der Waals surface area (Å²) >= 11 is 0. The molecular weight excluding hydrogens is 379 g/mol. The molecule has 2 aromatic rings. The number of halogens is 3. The van der Waals surface area contributed by atoms with Gasteiger partial charge in [-0.25, -0.2) is 4.98 Å². The van der Waals surface area contributed by atoms with Gasteiger partial charge in [-0.15, -0.1) is 10.2 Å². The highest BCUT2D eigenvalue weighted by Crippen LogP contribution is 2.34. The van der Waals surface area contributed by atoms with Crippen molar-refractivity contribution in [2.24, 2.45) is 0 Å². The van der Waals surface area contributed by atoms with Crippen LogP contribution in [0.1, 0.15) is 53.5 Å². The van der Waals surface area contributed by atoms with Crippen LogP contribution in [-0.4, -0.2) is 33.2 Å². The van der Waals surface area contributed by atoms with Gasteiger partial charge in [-0.2, -0.15) is 18.4 Å². The minimum Gasteiger partial charge on any atom is -0.489 e. The van der Waals surface area contributed by atoms with Gasteiger partial charge in [0.1, 0.15) is 11.8 Å². The molecule has 2 heterocycles. The molecule has 1 saturated carbocycles. The molecule has 0 spiro atoms. The van der Waals surface area contributed by atoms with Crippen LogP contribution in [0.15, 0.2) is 16.7 Å². The molecule has 1 N–H and O–H groups in total. The predicted octanol–water partition coefficient (Wildman–Crippen LogP) is 2.78. The number of hydrogen-bond donors (Lipinski definition) is 1. The lowest BCUT2D eigenvalue weighted by molar-refractivity contribution is -0.138. The summed E-state index contributed by atoms with van der Waals surface area (Å²) < 4.78 is 49.7. The van der Waals surface area contributed by atoms with Crippen LogP contribution in [0.5, 0.6) is 5.75 Å². The van der Waals surface area contributed by atoms with Crippen molar-refractivity contribution in [2.75, 3.05) is 0 Å². The number of nitrogens with one attached hydrogen (secondary N) is 1. The quantitative estimate of drug-likeness (QED) is 0.847. The molecule has 1 amide bonds. The van der Waals surface area contributed by atoms with Crippen LogP contribution in [0.25, 0.3) is 0 Å². The van der Waals surface area contributed by atoms with Gasteiger partial charge in [0.25, 0.3) is 0 Å². The van der Waals surface area contributed by atoms with Gasteiger partial charge in [-0.05, 0) is 31.7 Å². The first-order valence-corrected chi connectivity index (χ1v) is 8.51. The van der Waals surface area contributed by atoms with E-state index in [0.717, 1.165) is 12.3 Å². The van der Waals surface area contributed by atoms with Crippen molar-refractivity contribution in [3.8, 4) is 11.8 Å². The zero-order valence-electron chi connectivity index (χ0n) is 14.8. The molecule has 1 aliphatic carbocycles. The second kappa shape index (κ2) is 7.84. The number of carbonyl (C=O) groups excluding carboxylic acids is 1. The van der Waals surface area contributed by atoms with E-state index in [2.05, 4.69) is 20.5 Å². The van der Waals surface area contributed by atoms with E-state index in [4.69, 9.17) is 14.4 Å². The molecule has 0 bridgehead atoms. The van der Waals surface area contributed by atoms with Crippen LogP contribution in [0.2, 0.25) is 0 Å². The van der Waals surface area contributed by atoms with Crippen LogP contribution in [-0.2, 0) is 6.18 Å². The number of nitrogens with zero attached hydrogens (tertiary/aromatic N) is 4. The Morgan fingerprint density at radius 2 is 2.04 bits per heavy atom. The summed E-state index contributed by atoms with van der Waals surface area (Å²) in [5.74, 6) is -0.327. The Balaban J connectivity index is 1.56. The predicted molar refractivity (Wildman–Crippen MR) is 87.1 cm³/mol. The maximum absolute atomic E-state index is 13.0. The number of rotatable bonds is 4. The molecular formula is C17H16F3N5O3. The number of amides is 1. The molecule has 0 aliphatic heterocycles. The summed E-state index contributed by atoms with van der Waals surface area (Å²) in [5.41, 5.74) is -1.81. The Morgan fingerprint density at radius 3 is 2.61 bits per heavy atom. The van der Waals surface area contributed by atoms with Crippen molar-refractivity contribution in [1.82, 2.24) is 20.5 Å². The number of aromatic nitrogens is 3. The molecule has 148 valence electrons. The van der Waals surface area contributed by atoms with E-state index in [1.54, 1.807) is 6.92 Å². The van der Waals surface area contributed by atoms with Gasteiger partial charge >= 0.3 is 18.0 Å². The van der Waals surface area contributed by atoms with E-state index in [1.165, 1.54) is 6.07 Å². The second-order valence-electron chi connectivity index (χ2n) is 6.37. The molecule has 0 saturated heterocycles. The van der Waals surface area contributed by atoms with Gasteiger partial charge < -0.3 is 14.5 Å². The Kier molecular flexibility index (Phi) is 5.48. The molecule has 0 radical (unpaired) electrons. The Hall–Kier alpha value is -3.16. The van der Waals surface area contributed by atoms with Gasteiger partial charge in [0.2, 0.25) is 5.89 Å². The van der Waals surface area contributed by atoms with Gasteiger partial charge in [0, 0.05) is 13.0 Å². The van der Waals surface area contributed by atoms with Gasteiger partial charge in [-0.1, -0.05) is 0 Å². The lowest BCUT2D eigenvalue weighted by atomic mass is 9.93. The number of carbonyl (C=O) groups is 1. The molecule has 0 aromatic carbocycles. The number of nitriles is 1. The van der Waals surface area contributed by atoms with E-state index >= 15 is 0 Å². The molecule has 8 nitrogen and oxygen atoms in total. The van der Waals surface area contributed by atoms with E-state index in [9.17, 15) is 18.0 Å². The standard InChI is InChI=1S/C17H16F3N5O3/c1-9-24-25-16(27-9)15(26)23-10-2-4-11(5-3-10)28-12-6-13(17(18,19)20)14(7-21)22-8-12/h6,8,10-11H,2-5H2,1H3,(H,23,26). The monoisotopic (exact) mass is 395 g/mol. The molecule has 2 aromatic heterocycles. The minimum absolute atomic E-state index is 0.0415. The summed E-state index contributed by atoms with van der Waals surface area (Å²) in [5, 5.41) is 18.8. The Labute approximate surface area is 157 Å². The van der Waals surface area contributed by atoms with E-state index in [1.807, 2.05) is 0 Å². The van der Waals surface area contributed by atoms with Crippen molar-refractivity contribution in [1.29, 1.82) is 5.26 Å². The highest BCUT2D eigenvalue weighted by Gasteiger charge is 2.35. The van der Waals surface area contributed by atoms with Gasteiger partial charge in [-0.3, -0.25) is 4.79 Å². The van der Waals surface area contributed by atoms with Crippen LogP contribution in [0, 0.1) is 18.3 Å². The molecule has 0 unspecified atom stereocenters. The molecule has 1 aliphatic rings. The first-order valence-electron chi connectivity index (χ1n) is 8.51. The third-order valence-electron chi connectivity index (χ3n) is 4.31. The highest BCUT2D eigenvalue weighted by molar-refractivity contribution is 5.89. The largest absolute Gasteiger partial charge is 0.489 e. The van der Waals surface area contributed by atoms with Crippen molar-refractivity contribution in [2.45, 2.75) is 50.9 Å². The lowest BCUT2D eigenvalue weighted by Gasteiger charge is -2.29. The Morgan fingerprint density at radius 1 is 1.32 bits per heavy atom. The summed E-state index contributed by atoms with van der Waals surface area (Å²) in [7, 11) is 0. The molecule has 1 fully saturated rings. The number of hydrogen-bond acceptors (Lipinski definition) is 7. The third kappa shape index (κ3) is 4.57. The number of alkyl halides is 3. The van der Waals surface area contributed by atoms with Gasteiger partial charge in [0.05, 0.1) is 17.9 Å². The zero-order chi connectivity index (χ0) is 20.3.